The fourth-order valence-corrected chi connectivity index (χ4v) is 2.88. The lowest BCUT2D eigenvalue weighted by Gasteiger charge is -2.32. The fourth-order valence-electron chi connectivity index (χ4n) is 2.37. The maximum atomic E-state index is 12.2. The lowest BCUT2D eigenvalue weighted by molar-refractivity contribution is 0.0906. The van der Waals surface area contributed by atoms with Gasteiger partial charge in [0.1, 0.15) is 0 Å². The van der Waals surface area contributed by atoms with Crippen molar-refractivity contribution in [3.63, 3.8) is 0 Å². The van der Waals surface area contributed by atoms with Crippen LogP contribution in [0.15, 0.2) is 18.2 Å². The van der Waals surface area contributed by atoms with E-state index in [0.717, 1.165) is 36.0 Å². The minimum atomic E-state index is -0.0266. The first kappa shape index (κ1) is 15.1. The van der Waals surface area contributed by atoms with Gasteiger partial charge in [0.05, 0.1) is 5.02 Å². The molecule has 1 aromatic carbocycles. The Kier molecular flexibility index (Phi) is 5.47. The Morgan fingerprint density at radius 3 is 3.05 bits per heavy atom. The molecule has 19 heavy (non-hydrogen) atoms. The van der Waals surface area contributed by atoms with Gasteiger partial charge < -0.3 is 10.2 Å². The largest absolute Gasteiger partial charge is 0.348 e. The van der Waals surface area contributed by atoms with Crippen LogP contribution in [0.3, 0.4) is 0 Å². The molecule has 0 aromatic heterocycles. The second-order valence-electron chi connectivity index (χ2n) is 4.83. The van der Waals surface area contributed by atoms with Gasteiger partial charge in [-0.3, -0.25) is 4.79 Å². The normalized spacial score (nSPS) is 20.3. The second-order valence-corrected chi connectivity index (χ2v) is 6.40. The summed E-state index contributed by atoms with van der Waals surface area (Å²) in [6.45, 7) is 5.28. The van der Waals surface area contributed by atoms with E-state index in [4.69, 9.17) is 11.6 Å². The molecule has 3 nitrogen and oxygen atoms in total. The Morgan fingerprint density at radius 1 is 1.58 bits per heavy atom. The monoisotopic (exact) mass is 392 g/mol. The van der Waals surface area contributed by atoms with Crippen LogP contribution in [0.5, 0.6) is 0 Å². The number of halogens is 2. The third-order valence-corrected chi connectivity index (χ3v) is 5.04. The first-order valence-corrected chi connectivity index (χ1v) is 8.04. The molecule has 0 bridgehead atoms. The smallest absolute Gasteiger partial charge is 0.251 e. The first-order chi connectivity index (χ1) is 9.10. The van der Waals surface area contributed by atoms with E-state index in [-0.39, 0.29) is 11.9 Å². The average Bonchev–Trinajstić information content (AvgIpc) is 2.42. The van der Waals surface area contributed by atoms with Gasteiger partial charge in [-0.25, -0.2) is 0 Å². The molecule has 104 valence electrons. The van der Waals surface area contributed by atoms with Crippen molar-refractivity contribution in [2.75, 3.05) is 19.6 Å². The van der Waals surface area contributed by atoms with E-state index >= 15 is 0 Å². The number of hydrogen-bond donors (Lipinski definition) is 1. The van der Waals surface area contributed by atoms with Crippen molar-refractivity contribution in [3.8, 4) is 0 Å². The molecule has 0 radical (unpaired) electrons. The van der Waals surface area contributed by atoms with Crippen LogP contribution >= 0.6 is 34.2 Å². The third kappa shape index (κ3) is 4.07. The highest BCUT2D eigenvalue weighted by molar-refractivity contribution is 14.1. The highest BCUT2D eigenvalue weighted by Gasteiger charge is 2.20. The van der Waals surface area contributed by atoms with Gasteiger partial charge in [-0.15, -0.1) is 0 Å². The summed E-state index contributed by atoms with van der Waals surface area (Å²) in [5.41, 5.74) is 0.638. The maximum absolute atomic E-state index is 12.2. The van der Waals surface area contributed by atoms with Crippen LogP contribution in [0.25, 0.3) is 0 Å². The molecule has 1 amide bonds. The zero-order valence-corrected chi connectivity index (χ0v) is 13.9. The summed E-state index contributed by atoms with van der Waals surface area (Å²) in [4.78, 5) is 14.6. The van der Waals surface area contributed by atoms with E-state index < -0.39 is 0 Å². The van der Waals surface area contributed by atoms with Gasteiger partial charge in [-0.05, 0) is 66.7 Å². The lowest BCUT2D eigenvalue weighted by Crippen LogP contribution is -2.47. The van der Waals surface area contributed by atoms with Crippen LogP contribution in [0.1, 0.15) is 30.1 Å². The number of nitrogens with zero attached hydrogens (tertiary/aromatic N) is 1. The lowest BCUT2D eigenvalue weighted by atomic mass is 10.1. The van der Waals surface area contributed by atoms with Gasteiger partial charge in [-0.2, -0.15) is 0 Å². The minimum Gasteiger partial charge on any atom is -0.348 e. The Morgan fingerprint density at radius 2 is 2.37 bits per heavy atom. The van der Waals surface area contributed by atoms with E-state index in [1.165, 1.54) is 0 Å². The van der Waals surface area contributed by atoms with Crippen molar-refractivity contribution in [2.45, 2.75) is 25.8 Å². The number of likely N-dealkylation sites (tertiary alicyclic amines) is 1. The molecule has 0 aliphatic carbocycles. The standard InChI is InChI=1S/C14H18ClIN2O/c1-2-18-7-3-4-11(9-18)17-14(19)10-5-6-13(16)12(15)8-10/h5-6,8,11H,2-4,7,9H2,1H3,(H,17,19). The number of amides is 1. The van der Waals surface area contributed by atoms with Gasteiger partial charge >= 0.3 is 0 Å². The molecule has 1 aliphatic heterocycles. The molecule has 5 heteroatoms. The predicted octanol–water partition coefficient (Wildman–Crippen LogP) is 3.16. The van der Waals surface area contributed by atoms with E-state index in [0.29, 0.717) is 10.6 Å². The van der Waals surface area contributed by atoms with E-state index in [9.17, 15) is 4.79 Å². The van der Waals surface area contributed by atoms with Gasteiger partial charge in [0.25, 0.3) is 5.91 Å². The zero-order chi connectivity index (χ0) is 13.8. The highest BCUT2D eigenvalue weighted by atomic mass is 127. The van der Waals surface area contributed by atoms with Gasteiger partial charge in [0.15, 0.2) is 0 Å². The second kappa shape index (κ2) is 6.90. The Hall–Kier alpha value is -0.330. The van der Waals surface area contributed by atoms with Crippen molar-refractivity contribution in [2.24, 2.45) is 0 Å². The number of carbonyl (C=O) groups excluding carboxylic acids is 1. The quantitative estimate of drug-likeness (QED) is 0.802. The van der Waals surface area contributed by atoms with Crippen molar-refractivity contribution >= 4 is 40.1 Å². The van der Waals surface area contributed by atoms with Crippen LogP contribution < -0.4 is 5.32 Å². The van der Waals surface area contributed by atoms with Crippen LogP contribution in [0.2, 0.25) is 5.02 Å². The summed E-state index contributed by atoms with van der Waals surface area (Å²) >= 11 is 8.21. The Labute approximate surface area is 132 Å². The van der Waals surface area contributed by atoms with E-state index in [1.807, 2.05) is 12.1 Å². The zero-order valence-electron chi connectivity index (χ0n) is 11.0. The molecule has 1 heterocycles. The summed E-state index contributed by atoms with van der Waals surface area (Å²) in [5, 5.41) is 3.74. The number of piperidine rings is 1. The Bertz CT molecular complexity index is 467. The number of hydrogen-bond acceptors (Lipinski definition) is 2. The Balaban J connectivity index is 1.98. The number of rotatable bonds is 3. The van der Waals surface area contributed by atoms with Gasteiger partial charge in [0, 0.05) is 21.7 Å². The average molecular weight is 393 g/mol. The fraction of sp³-hybridized carbons (Fsp3) is 0.500. The number of likely N-dealkylation sites (N-methyl/N-ethyl adjacent to an activating group) is 1. The van der Waals surface area contributed by atoms with Crippen molar-refractivity contribution < 1.29 is 4.79 Å². The van der Waals surface area contributed by atoms with Gasteiger partial charge in [-0.1, -0.05) is 18.5 Å². The summed E-state index contributed by atoms with van der Waals surface area (Å²) in [6, 6.07) is 5.68. The van der Waals surface area contributed by atoms with E-state index in [1.54, 1.807) is 6.07 Å². The van der Waals surface area contributed by atoms with Crippen molar-refractivity contribution in [1.29, 1.82) is 0 Å². The van der Waals surface area contributed by atoms with Crippen molar-refractivity contribution in [1.82, 2.24) is 10.2 Å². The summed E-state index contributed by atoms with van der Waals surface area (Å²) < 4.78 is 0.964. The number of benzene rings is 1. The highest BCUT2D eigenvalue weighted by Crippen LogP contribution is 2.20. The van der Waals surface area contributed by atoms with Crippen LogP contribution in [0, 0.1) is 3.57 Å². The summed E-state index contributed by atoms with van der Waals surface area (Å²) in [7, 11) is 0. The van der Waals surface area contributed by atoms with E-state index in [2.05, 4.69) is 39.7 Å². The number of nitrogens with one attached hydrogen (secondary N) is 1. The maximum Gasteiger partial charge on any atom is 0.251 e. The van der Waals surface area contributed by atoms with Crippen LogP contribution in [-0.4, -0.2) is 36.5 Å². The molecular formula is C14H18ClIN2O. The van der Waals surface area contributed by atoms with Crippen LogP contribution in [-0.2, 0) is 0 Å². The molecule has 1 atom stereocenters. The molecule has 1 aromatic rings. The predicted molar refractivity (Wildman–Crippen MR) is 86.8 cm³/mol. The SMILES string of the molecule is CCN1CCCC(NC(=O)c2ccc(I)c(Cl)c2)C1. The molecule has 0 spiro atoms. The molecular weight excluding hydrogens is 375 g/mol. The number of carbonyl (C=O) groups is 1. The molecule has 1 unspecified atom stereocenters. The summed E-state index contributed by atoms with van der Waals surface area (Å²) in [6.07, 6.45) is 2.20. The molecule has 1 N–H and O–H groups in total. The molecule has 1 aliphatic rings. The van der Waals surface area contributed by atoms with Gasteiger partial charge in [0.2, 0.25) is 0 Å². The van der Waals surface area contributed by atoms with Crippen molar-refractivity contribution in [3.05, 3.63) is 32.4 Å². The molecule has 1 saturated heterocycles. The molecule has 2 rings (SSSR count). The topological polar surface area (TPSA) is 32.3 Å². The third-order valence-electron chi connectivity index (χ3n) is 3.47. The molecule has 1 fully saturated rings. The summed E-state index contributed by atoms with van der Waals surface area (Å²) in [5.74, 6) is -0.0266. The molecule has 0 saturated carbocycles. The minimum absolute atomic E-state index is 0.0266. The van der Waals surface area contributed by atoms with Crippen LogP contribution in [0.4, 0.5) is 0 Å². The first-order valence-electron chi connectivity index (χ1n) is 6.58.